The van der Waals surface area contributed by atoms with Crippen molar-refractivity contribution in [3.8, 4) is 5.69 Å². The number of carbonyl (C=O) groups is 2. The van der Waals surface area contributed by atoms with E-state index < -0.39 is 5.91 Å². The molecule has 0 bridgehead atoms. The molecule has 2 N–H and O–H groups in total. The second kappa shape index (κ2) is 8.71. The van der Waals surface area contributed by atoms with Gasteiger partial charge in [-0.1, -0.05) is 48.4 Å². The maximum absolute atomic E-state index is 12.5. The predicted molar refractivity (Wildman–Crippen MR) is 108 cm³/mol. The number of carbonyl (C=O) groups excluding carboxylic acids is 2. The molecule has 6 nitrogen and oxygen atoms in total. The van der Waals surface area contributed by atoms with Gasteiger partial charge in [0.2, 0.25) is 5.91 Å². The lowest BCUT2D eigenvalue weighted by Crippen LogP contribution is -2.42. The quantitative estimate of drug-likeness (QED) is 0.649. The molecule has 1 aromatic heterocycles. The van der Waals surface area contributed by atoms with Crippen molar-refractivity contribution in [2.24, 2.45) is 0 Å². The van der Waals surface area contributed by atoms with Gasteiger partial charge >= 0.3 is 0 Å². The van der Waals surface area contributed by atoms with Crippen LogP contribution < -0.4 is 10.9 Å². The van der Waals surface area contributed by atoms with Gasteiger partial charge in [-0.05, 0) is 43.2 Å². The van der Waals surface area contributed by atoms with Crippen LogP contribution in [0.1, 0.15) is 34.1 Å². The van der Waals surface area contributed by atoms with Gasteiger partial charge in [0, 0.05) is 5.02 Å². The standard InChI is InChI=1S/C21H21ClN4O2/c1-3-19-18(13-23-26(19)17-10-4-14(2)5-11-17)21(28)25-24-20(27)12-15-6-8-16(22)9-7-15/h4-11,13H,3,12H2,1-2H3,(H,24,27)(H,25,28). The van der Waals surface area contributed by atoms with Gasteiger partial charge in [-0.25, -0.2) is 4.68 Å². The summed E-state index contributed by atoms with van der Waals surface area (Å²) < 4.78 is 1.74. The highest BCUT2D eigenvalue weighted by Crippen LogP contribution is 2.16. The van der Waals surface area contributed by atoms with Crippen LogP contribution in [-0.2, 0) is 17.6 Å². The average molecular weight is 397 g/mol. The van der Waals surface area contributed by atoms with E-state index in [9.17, 15) is 9.59 Å². The highest BCUT2D eigenvalue weighted by Gasteiger charge is 2.17. The van der Waals surface area contributed by atoms with Crippen LogP contribution in [0.15, 0.2) is 54.7 Å². The SMILES string of the molecule is CCc1c(C(=O)NNC(=O)Cc2ccc(Cl)cc2)cnn1-c1ccc(C)cc1. The Kier molecular flexibility index (Phi) is 6.11. The Hall–Kier alpha value is -3.12. The first kappa shape index (κ1) is 19.6. The summed E-state index contributed by atoms with van der Waals surface area (Å²) in [6.45, 7) is 3.97. The van der Waals surface area contributed by atoms with E-state index in [0.29, 0.717) is 17.0 Å². The molecule has 3 aromatic rings. The smallest absolute Gasteiger partial charge is 0.273 e. The zero-order chi connectivity index (χ0) is 20.1. The van der Waals surface area contributed by atoms with Crippen molar-refractivity contribution in [3.63, 3.8) is 0 Å². The molecule has 144 valence electrons. The minimum absolute atomic E-state index is 0.140. The normalized spacial score (nSPS) is 10.5. The Balaban J connectivity index is 1.66. The third-order valence-electron chi connectivity index (χ3n) is 4.32. The molecular formula is C21H21ClN4O2. The van der Waals surface area contributed by atoms with Crippen molar-refractivity contribution in [2.75, 3.05) is 0 Å². The van der Waals surface area contributed by atoms with Crippen molar-refractivity contribution < 1.29 is 9.59 Å². The number of rotatable bonds is 5. The van der Waals surface area contributed by atoms with Crippen LogP contribution in [0.25, 0.3) is 5.69 Å². The number of nitrogens with zero attached hydrogens (tertiary/aromatic N) is 2. The van der Waals surface area contributed by atoms with Gasteiger partial charge in [-0.2, -0.15) is 5.10 Å². The molecule has 0 saturated carbocycles. The van der Waals surface area contributed by atoms with Crippen LogP contribution in [-0.4, -0.2) is 21.6 Å². The van der Waals surface area contributed by atoms with Gasteiger partial charge in [0.25, 0.3) is 5.91 Å². The first-order valence-electron chi connectivity index (χ1n) is 8.95. The molecule has 0 unspecified atom stereocenters. The van der Waals surface area contributed by atoms with Gasteiger partial charge in [0.15, 0.2) is 0 Å². The van der Waals surface area contributed by atoms with Gasteiger partial charge in [0.05, 0.1) is 29.6 Å². The van der Waals surface area contributed by atoms with Crippen LogP contribution >= 0.6 is 11.6 Å². The van der Waals surface area contributed by atoms with Gasteiger partial charge in [-0.15, -0.1) is 0 Å². The number of nitrogens with one attached hydrogen (secondary N) is 2. The molecule has 0 aliphatic carbocycles. The highest BCUT2D eigenvalue weighted by atomic mass is 35.5. The summed E-state index contributed by atoms with van der Waals surface area (Å²) in [7, 11) is 0. The molecule has 0 aliphatic rings. The first-order chi connectivity index (χ1) is 13.5. The molecule has 7 heteroatoms. The Morgan fingerprint density at radius 1 is 1.04 bits per heavy atom. The van der Waals surface area contributed by atoms with E-state index in [1.165, 1.54) is 6.20 Å². The van der Waals surface area contributed by atoms with Crippen LogP contribution in [0.2, 0.25) is 5.02 Å². The fraction of sp³-hybridized carbons (Fsp3) is 0.190. The highest BCUT2D eigenvalue weighted by molar-refractivity contribution is 6.30. The number of aromatic nitrogens is 2. The molecule has 0 aliphatic heterocycles. The summed E-state index contributed by atoms with van der Waals surface area (Å²) in [5, 5.41) is 4.95. The number of hydrazine groups is 1. The number of aryl methyl sites for hydroxylation is 1. The third kappa shape index (κ3) is 4.58. The maximum Gasteiger partial charge on any atom is 0.273 e. The monoisotopic (exact) mass is 396 g/mol. The number of benzene rings is 2. The van der Waals surface area contributed by atoms with Crippen molar-refractivity contribution in [3.05, 3.63) is 82.1 Å². The fourth-order valence-electron chi connectivity index (χ4n) is 2.84. The van der Waals surface area contributed by atoms with E-state index in [-0.39, 0.29) is 12.3 Å². The van der Waals surface area contributed by atoms with E-state index >= 15 is 0 Å². The van der Waals surface area contributed by atoms with Crippen molar-refractivity contribution in [1.82, 2.24) is 20.6 Å². The molecule has 0 atom stereocenters. The summed E-state index contributed by atoms with van der Waals surface area (Å²) in [5.74, 6) is -0.723. The first-order valence-corrected chi connectivity index (χ1v) is 9.33. The Bertz CT molecular complexity index is 979. The van der Waals surface area contributed by atoms with Gasteiger partial charge in [-0.3, -0.25) is 20.4 Å². The van der Waals surface area contributed by atoms with E-state index in [0.717, 1.165) is 22.5 Å². The van der Waals surface area contributed by atoms with E-state index in [1.54, 1.807) is 28.9 Å². The van der Waals surface area contributed by atoms with Crippen molar-refractivity contribution >= 4 is 23.4 Å². The predicted octanol–water partition coefficient (Wildman–Crippen LogP) is 3.40. The zero-order valence-electron chi connectivity index (χ0n) is 15.7. The molecule has 0 fully saturated rings. The van der Waals surface area contributed by atoms with Gasteiger partial charge in [0.1, 0.15) is 0 Å². The lowest BCUT2D eigenvalue weighted by atomic mass is 10.1. The second-order valence-electron chi connectivity index (χ2n) is 6.41. The van der Waals surface area contributed by atoms with E-state index in [1.807, 2.05) is 38.1 Å². The molecule has 3 rings (SSSR count). The van der Waals surface area contributed by atoms with Crippen LogP contribution in [0.5, 0.6) is 0 Å². The minimum atomic E-state index is -0.403. The maximum atomic E-state index is 12.5. The second-order valence-corrected chi connectivity index (χ2v) is 6.85. The summed E-state index contributed by atoms with van der Waals surface area (Å²) in [5.41, 5.74) is 8.94. The fourth-order valence-corrected chi connectivity index (χ4v) is 2.96. The molecule has 2 aromatic carbocycles. The summed E-state index contributed by atoms with van der Waals surface area (Å²) in [6.07, 6.45) is 2.27. The average Bonchev–Trinajstić information content (AvgIpc) is 3.12. The number of halogens is 1. The lowest BCUT2D eigenvalue weighted by molar-refractivity contribution is -0.121. The summed E-state index contributed by atoms with van der Waals surface area (Å²) >= 11 is 5.84. The van der Waals surface area contributed by atoms with Crippen LogP contribution in [0, 0.1) is 6.92 Å². The van der Waals surface area contributed by atoms with Crippen molar-refractivity contribution in [2.45, 2.75) is 26.7 Å². The largest absolute Gasteiger partial charge is 0.273 e. The molecule has 28 heavy (non-hydrogen) atoms. The molecule has 2 amide bonds. The minimum Gasteiger partial charge on any atom is -0.273 e. The molecule has 0 spiro atoms. The van der Waals surface area contributed by atoms with Gasteiger partial charge < -0.3 is 0 Å². The molecule has 0 radical (unpaired) electrons. The summed E-state index contributed by atoms with van der Waals surface area (Å²) in [4.78, 5) is 24.6. The number of hydrogen-bond acceptors (Lipinski definition) is 3. The molecular weight excluding hydrogens is 376 g/mol. The van der Waals surface area contributed by atoms with Crippen LogP contribution in [0.3, 0.4) is 0 Å². The van der Waals surface area contributed by atoms with Crippen molar-refractivity contribution in [1.29, 1.82) is 0 Å². The van der Waals surface area contributed by atoms with E-state index in [2.05, 4.69) is 16.0 Å². The third-order valence-corrected chi connectivity index (χ3v) is 4.57. The number of hydrogen-bond donors (Lipinski definition) is 2. The topological polar surface area (TPSA) is 76.0 Å². The Morgan fingerprint density at radius 3 is 2.36 bits per heavy atom. The zero-order valence-corrected chi connectivity index (χ0v) is 16.5. The van der Waals surface area contributed by atoms with Crippen LogP contribution in [0.4, 0.5) is 0 Å². The molecule has 0 saturated heterocycles. The Morgan fingerprint density at radius 2 is 1.71 bits per heavy atom. The van der Waals surface area contributed by atoms with E-state index in [4.69, 9.17) is 11.6 Å². The molecule has 1 heterocycles. The Labute approximate surface area is 168 Å². The lowest BCUT2D eigenvalue weighted by Gasteiger charge is -2.10. The number of amides is 2. The summed E-state index contributed by atoms with van der Waals surface area (Å²) in [6, 6.07) is 14.9.